The molecule has 0 aromatic heterocycles. The molecule has 0 atom stereocenters. The van der Waals surface area contributed by atoms with E-state index in [1.165, 1.54) is 12.8 Å². The van der Waals surface area contributed by atoms with Crippen LogP contribution >= 0.6 is 0 Å². The predicted octanol–water partition coefficient (Wildman–Crippen LogP) is 0.849. The highest BCUT2D eigenvalue weighted by Crippen LogP contribution is 2.58. The van der Waals surface area contributed by atoms with E-state index >= 15 is 0 Å². The first-order valence-electron chi connectivity index (χ1n) is 4.55. The number of nitrogens with one attached hydrogen (secondary N) is 1. The van der Waals surface area contributed by atoms with E-state index in [4.69, 9.17) is 5.11 Å². The van der Waals surface area contributed by atoms with Gasteiger partial charge < -0.3 is 10.4 Å². The van der Waals surface area contributed by atoms with Gasteiger partial charge in [-0.25, -0.2) is 0 Å². The van der Waals surface area contributed by atoms with Gasteiger partial charge in [0, 0.05) is 6.04 Å². The first-order chi connectivity index (χ1) is 5.65. The second kappa shape index (κ2) is 2.46. The van der Waals surface area contributed by atoms with E-state index in [0.717, 1.165) is 12.8 Å². The monoisotopic (exact) mass is 169 g/mol. The van der Waals surface area contributed by atoms with Gasteiger partial charge in [0.25, 0.3) is 0 Å². The van der Waals surface area contributed by atoms with Crippen LogP contribution < -0.4 is 5.32 Å². The van der Waals surface area contributed by atoms with E-state index in [-0.39, 0.29) is 5.92 Å². The largest absolute Gasteiger partial charge is 0.481 e. The quantitative estimate of drug-likeness (QED) is 0.644. The summed E-state index contributed by atoms with van der Waals surface area (Å²) in [5, 5.41) is 11.9. The Balaban J connectivity index is 1.79. The molecule has 1 spiro atoms. The lowest BCUT2D eigenvalue weighted by Crippen LogP contribution is -2.55. The Labute approximate surface area is 72.2 Å². The van der Waals surface area contributed by atoms with Gasteiger partial charge in [0.1, 0.15) is 0 Å². The zero-order chi connectivity index (χ0) is 8.77. The third-order valence-corrected chi connectivity index (χ3v) is 3.48. The standard InChI is InChI=1S/C9H15NO2/c1-10-7-4-9(5-7)2-6(3-9)8(11)12/h6-7,10H,2-5H2,1H3,(H,11,12). The molecule has 2 aliphatic rings. The van der Waals surface area contributed by atoms with Crippen LogP contribution in [0.15, 0.2) is 0 Å². The molecule has 0 radical (unpaired) electrons. The third kappa shape index (κ3) is 1.04. The highest BCUT2D eigenvalue weighted by molar-refractivity contribution is 5.71. The van der Waals surface area contributed by atoms with Gasteiger partial charge in [-0.1, -0.05) is 0 Å². The second-order valence-electron chi connectivity index (χ2n) is 4.34. The van der Waals surface area contributed by atoms with E-state index in [0.29, 0.717) is 11.5 Å². The Morgan fingerprint density at radius 3 is 2.42 bits per heavy atom. The predicted molar refractivity (Wildman–Crippen MR) is 44.9 cm³/mol. The maximum Gasteiger partial charge on any atom is 0.306 e. The van der Waals surface area contributed by atoms with Crippen molar-refractivity contribution in [1.82, 2.24) is 5.32 Å². The number of aliphatic carboxylic acids is 1. The first kappa shape index (κ1) is 8.05. The van der Waals surface area contributed by atoms with Crippen LogP contribution in [-0.2, 0) is 4.79 Å². The second-order valence-corrected chi connectivity index (χ2v) is 4.34. The van der Waals surface area contributed by atoms with E-state index in [2.05, 4.69) is 5.32 Å². The van der Waals surface area contributed by atoms with E-state index in [1.54, 1.807) is 0 Å². The smallest absolute Gasteiger partial charge is 0.306 e. The number of carboxylic acid groups (broad SMARTS) is 1. The Bertz CT molecular complexity index is 201. The lowest BCUT2D eigenvalue weighted by Gasteiger charge is -2.56. The van der Waals surface area contributed by atoms with Crippen molar-refractivity contribution >= 4 is 5.97 Å². The van der Waals surface area contributed by atoms with Gasteiger partial charge in [0.05, 0.1) is 5.92 Å². The van der Waals surface area contributed by atoms with Gasteiger partial charge >= 0.3 is 5.97 Å². The number of hydrogen-bond acceptors (Lipinski definition) is 2. The molecule has 3 nitrogen and oxygen atoms in total. The van der Waals surface area contributed by atoms with Crippen LogP contribution in [0.5, 0.6) is 0 Å². The van der Waals surface area contributed by atoms with Crippen molar-refractivity contribution in [3.05, 3.63) is 0 Å². The van der Waals surface area contributed by atoms with Crippen molar-refractivity contribution in [2.75, 3.05) is 7.05 Å². The summed E-state index contributed by atoms with van der Waals surface area (Å²) in [6.07, 6.45) is 4.21. The number of carbonyl (C=O) groups is 1. The van der Waals surface area contributed by atoms with Crippen molar-refractivity contribution in [3.63, 3.8) is 0 Å². The van der Waals surface area contributed by atoms with Crippen LogP contribution in [-0.4, -0.2) is 24.2 Å². The van der Waals surface area contributed by atoms with Crippen molar-refractivity contribution in [2.24, 2.45) is 11.3 Å². The molecular weight excluding hydrogens is 154 g/mol. The minimum Gasteiger partial charge on any atom is -0.481 e. The Hall–Kier alpha value is -0.570. The zero-order valence-electron chi connectivity index (χ0n) is 7.34. The highest BCUT2D eigenvalue weighted by atomic mass is 16.4. The van der Waals surface area contributed by atoms with E-state index in [1.807, 2.05) is 7.05 Å². The highest BCUT2D eigenvalue weighted by Gasteiger charge is 2.54. The van der Waals surface area contributed by atoms with Crippen LogP contribution in [0.3, 0.4) is 0 Å². The Morgan fingerprint density at radius 1 is 1.42 bits per heavy atom. The molecule has 0 heterocycles. The Kier molecular flexibility index (Phi) is 1.65. The molecule has 0 amide bonds. The molecule has 0 aromatic rings. The maximum atomic E-state index is 10.5. The van der Waals surface area contributed by atoms with Gasteiger partial charge in [-0.3, -0.25) is 4.79 Å². The molecule has 2 saturated carbocycles. The van der Waals surface area contributed by atoms with Crippen LogP contribution in [0.2, 0.25) is 0 Å². The lowest BCUT2D eigenvalue weighted by molar-refractivity contribution is -0.155. The summed E-state index contributed by atoms with van der Waals surface area (Å²) in [5.74, 6) is -0.642. The van der Waals surface area contributed by atoms with Gasteiger partial charge in [-0.15, -0.1) is 0 Å². The molecule has 0 saturated heterocycles. The average Bonchev–Trinajstić information content (AvgIpc) is 1.81. The minimum absolute atomic E-state index is 0.0391. The van der Waals surface area contributed by atoms with Crippen LogP contribution in [0.1, 0.15) is 25.7 Å². The molecule has 68 valence electrons. The van der Waals surface area contributed by atoms with E-state index < -0.39 is 5.97 Å². The summed E-state index contributed by atoms with van der Waals surface area (Å²) in [6.45, 7) is 0. The summed E-state index contributed by atoms with van der Waals surface area (Å²) >= 11 is 0. The van der Waals surface area contributed by atoms with Crippen LogP contribution in [0.4, 0.5) is 0 Å². The van der Waals surface area contributed by atoms with Crippen molar-refractivity contribution in [1.29, 1.82) is 0 Å². The van der Waals surface area contributed by atoms with E-state index in [9.17, 15) is 4.79 Å². The minimum atomic E-state index is -0.603. The first-order valence-corrected chi connectivity index (χ1v) is 4.55. The lowest BCUT2D eigenvalue weighted by atomic mass is 9.50. The fourth-order valence-electron chi connectivity index (χ4n) is 2.68. The van der Waals surface area contributed by atoms with Gasteiger partial charge in [0.15, 0.2) is 0 Å². The molecule has 0 unspecified atom stereocenters. The third-order valence-electron chi connectivity index (χ3n) is 3.48. The SMILES string of the molecule is CNC1CC2(C1)CC(C(=O)O)C2. The maximum absolute atomic E-state index is 10.5. The van der Waals surface area contributed by atoms with Gasteiger partial charge in [-0.2, -0.15) is 0 Å². The molecule has 2 rings (SSSR count). The Morgan fingerprint density at radius 2 is 2.00 bits per heavy atom. The van der Waals surface area contributed by atoms with Gasteiger partial charge in [-0.05, 0) is 38.1 Å². The average molecular weight is 169 g/mol. The summed E-state index contributed by atoms with van der Waals surface area (Å²) in [7, 11) is 1.98. The number of hydrogen-bond donors (Lipinski definition) is 2. The topological polar surface area (TPSA) is 49.3 Å². The molecule has 2 N–H and O–H groups in total. The fraction of sp³-hybridized carbons (Fsp3) is 0.889. The molecular formula is C9H15NO2. The normalized spacial score (nSPS) is 45.1. The summed E-state index contributed by atoms with van der Waals surface area (Å²) < 4.78 is 0. The fourth-order valence-corrected chi connectivity index (χ4v) is 2.68. The number of rotatable bonds is 2. The number of carboxylic acids is 1. The molecule has 3 heteroatoms. The summed E-state index contributed by atoms with van der Waals surface area (Å²) in [4.78, 5) is 10.5. The molecule has 2 fully saturated rings. The van der Waals surface area contributed by atoms with Crippen molar-refractivity contribution in [3.8, 4) is 0 Å². The molecule has 0 aromatic carbocycles. The van der Waals surface area contributed by atoms with Gasteiger partial charge in [0.2, 0.25) is 0 Å². The summed E-state index contributed by atoms with van der Waals surface area (Å²) in [5.41, 5.74) is 0.427. The van der Waals surface area contributed by atoms with Crippen molar-refractivity contribution in [2.45, 2.75) is 31.7 Å². The summed E-state index contributed by atoms with van der Waals surface area (Å²) in [6, 6.07) is 0.653. The van der Waals surface area contributed by atoms with Crippen LogP contribution in [0, 0.1) is 11.3 Å². The zero-order valence-corrected chi connectivity index (χ0v) is 7.34. The molecule has 12 heavy (non-hydrogen) atoms. The molecule has 2 aliphatic carbocycles. The van der Waals surface area contributed by atoms with Crippen LogP contribution in [0.25, 0.3) is 0 Å². The molecule has 0 bridgehead atoms. The van der Waals surface area contributed by atoms with Crippen molar-refractivity contribution < 1.29 is 9.90 Å². The molecule has 0 aliphatic heterocycles.